The Labute approximate surface area is 229 Å². The second-order valence-electron chi connectivity index (χ2n) is 14.1. The van der Waals surface area contributed by atoms with Crippen molar-refractivity contribution in [2.24, 2.45) is 38.9 Å². The van der Waals surface area contributed by atoms with Crippen LogP contribution in [-0.4, -0.2) is 24.6 Å². The number of allylic oxidation sites excluding steroid dienone is 4. The molecule has 0 spiro atoms. The average Bonchev–Trinajstić information content (AvgIpc) is 2.85. The number of hydrogen-bond acceptors (Lipinski definition) is 5. The highest BCUT2D eigenvalue weighted by atomic mass is 16.6. The maximum Gasteiger partial charge on any atom is 0.249 e. The van der Waals surface area contributed by atoms with Crippen molar-refractivity contribution >= 4 is 17.5 Å². The molecule has 6 nitrogen and oxygen atoms in total. The summed E-state index contributed by atoms with van der Waals surface area (Å²) in [7, 11) is 1.46. The topological polar surface area (TPSA) is 96.3 Å². The minimum atomic E-state index is -0.632. The van der Waals surface area contributed by atoms with Gasteiger partial charge >= 0.3 is 0 Å². The Morgan fingerprint density at radius 3 is 2.42 bits per heavy atom. The minimum absolute atomic E-state index is 0.0654. The highest BCUT2D eigenvalue weighted by Gasteiger charge is 2.61. The van der Waals surface area contributed by atoms with Crippen LogP contribution in [0.2, 0.25) is 0 Å². The summed E-state index contributed by atoms with van der Waals surface area (Å²) >= 11 is 0. The molecule has 1 saturated carbocycles. The number of ketones is 2. The Morgan fingerprint density at radius 2 is 1.84 bits per heavy atom. The third-order valence-electron chi connectivity index (χ3n) is 11.2. The van der Waals surface area contributed by atoms with Gasteiger partial charge in [-0.2, -0.15) is 5.26 Å². The molecule has 38 heavy (non-hydrogen) atoms. The van der Waals surface area contributed by atoms with Crippen molar-refractivity contribution in [3.05, 3.63) is 23.3 Å². The van der Waals surface area contributed by atoms with Gasteiger partial charge in [0, 0.05) is 23.2 Å². The molecule has 3 aliphatic rings. The monoisotopic (exact) mass is 524 g/mol. The van der Waals surface area contributed by atoms with Gasteiger partial charge in [0.15, 0.2) is 11.6 Å². The molecule has 6 atom stereocenters. The van der Waals surface area contributed by atoms with Gasteiger partial charge in [-0.1, -0.05) is 73.5 Å². The van der Waals surface area contributed by atoms with Crippen LogP contribution in [0.3, 0.4) is 0 Å². The maximum absolute atomic E-state index is 13.3. The van der Waals surface area contributed by atoms with Gasteiger partial charge in [-0.3, -0.25) is 19.2 Å². The molecule has 1 N–H and O–H groups in total. The number of fused-ring (bicyclic) bond motifs is 3. The van der Waals surface area contributed by atoms with Crippen LogP contribution in [0, 0.1) is 50.2 Å². The molecular formula is C32H48N2O4. The first-order valence-electron chi connectivity index (χ1n) is 14.3. The van der Waals surface area contributed by atoms with E-state index in [0.717, 1.165) is 44.1 Å². The van der Waals surface area contributed by atoms with Crippen molar-refractivity contribution in [2.75, 3.05) is 7.11 Å². The number of nitriles is 1. The predicted octanol–water partition coefficient (Wildman–Crippen LogP) is 6.66. The van der Waals surface area contributed by atoms with Crippen LogP contribution in [0.1, 0.15) is 107 Å². The van der Waals surface area contributed by atoms with Gasteiger partial charge in [-0.25, -0.2) is 5.48 Å². The van der Waals surface area contributed by atoms with Gasteiger partial charge < -0.3 is 0 Å². The molecule has 3 aliphatic carbocycles. The summed E-state index contributed by atoms with van der Waals surface area (Å²) in [6.07, 6.45) is 9.89. The fourth-order valence-electron chi connectivity index (χ4n) is 7.52. The molecule has 0 heterocycles. The summed E-state index contributed by atoms with van der Waals surface area (Å²) in [4.78, 5) is 44.5. The van der Waals surface area contributed by atoms with Gasteiger partial charge in [0.2, 0.25) is 5.91 Å². The largest absolute Gasteiger partial charge is 0.295 e. The number of hydrogen-bond donors (Lipinski definition) is 1. The molecule has 0 saturated heterocycles. The van der Waals surface area contributed by atoms with Crippen LogP contribution in [0.15, 0.2) is 23.3 Å². The van der Waals surface area contributed by atoms with Crippen molar-refractivity contribution in [1.29, 1.82) is 5.26 Å². The molecule has 0 unspecified atom stereocenters. The number of nitrogens with one attached hydrogen (secondary N) is 1. The lowest BCUT2D eigenvalue weighted by Gasteiger charge is -2.61. The second-order valence-corrected chi connectivity index (χ2v) is 14.1. The summed E-state index contributed by atoms with van der Waals surface area (Å²) in [5.74, 6) is -0.296. The number of carbonyl (C=O) groups excluding carboxylic acids is 3. The Morgan fingerprint density at radius 1 is 1.18 bits per heavy atom. The zero-order valence-corrected chi connectivity index (χ0v) is 25.0. The third-order valence-corrected chi connectivity index (χ3v) is 11.2. The van der Waals surface area contributed by atoms with Crippen LogP contribution in [-0.2, 0) is 19.2 Å². The highest BCUT2D eigenvalue weighted by Crippen LogP contribution is 2.67. The fraction of sp³-hybridized carbons (Fsp3) is 0.750. The van der Waals surface area contributed by atoms with E-state index in [-0.39, 0.29) is 51.1 Å². The summed E-state index contributed by atoms with van der Waals surface area (Å²) in [5, 5.41) is 9.72. The Kier molecular flexibility index (Phi) is 8.27. The van der Waals surface area contributed by atoms with Crippen LogP contribution in [0.5, 0.6) is 0 Å². The van der Waals surface area contributed by atoms with E-state index in [1.54, 1.807) is 0 Å². The molecular weight excluding hydrogens is 476 g/mol. The molecule has 0 aromatic rings. The van der Waals surface area contributed by atoms with Crippen molar-refractivity contribution in [1.82, 2.24) is 5.48 Å². The number of Topliss-reactive ketones (excluding diaryl/α,β-unsaturated/α-hetero) is 1. The maximum atomic E-state index is 13.3. The van der Waals surface area contributed by atoms with E-state index < -0.39 is 10.8 Å². The van der Waals surface area contributed by atoms with E-state index in [0.29, 0.717) is 12.8 Å². The fourth-order valence-corrected chi connectivity index (χ4v) is 7.52. The van der Waals surface area contributed by atoms with Crippen LogP contribution < -0.4 is 5.48 Å². The zero-order chi connectivity index (χ0) is 28.7. The zero-order valence-electron chi connectivity index (χ0n) is 25.0. The summed E-state index contributed by atoms with van der Waals surface area (Å²) in [6, 6.07) is 2.13. The van der Waals surface area contributed by atoms with E-state index in [2.05, 4.69) is 53.1 Å². The first kappa shape index (κ1) is 30.3. The first-order chi connectivity index (χ1) is 17.5. The first-order valence-corrected chi connectivity index (χ1v) is 14.3. The minimum Gasteiger partial charge on any atom is -0.295 e. The van der Waals surface area contributed by atoms with E-state index in [1.165, 1.54) is 7.11 Å². The lowest BCUT2D eigenvalue weighted by Crippen LogP contribution is -2.55. The van der Waals surface area contributed by atoms with Gasteiger partial charge in [0.25, 0.3) is 0 Å². The second kappa shape index (κ2) is 10.4. The highest BCUT2D eigenvalue weighted by molar-refractivity contribution is 6.02. The Balaban J connectivity index is 1.99. The number of amides is 1. The summed E-state index contributed by atoms with van der Waals surface area (Å²) in [6.45, 7) is 17.2. The molecule has 210 valence electrons. The third kappa shape index (κ3) is 5.04. The number of carbonyl (C=O) groups is 3. The number of nitrogens with zero attached hydrogens (tertiary/aromatic N) is 1. The number of hydroxylamine groups is 1. The molecule has 1 fully saturated rings. The van der Waals surface area contributed by atoms with Crippen molar-refractivity contribution in [3.8, 4) is 6.07 Å². The normalized spacial score (nSPS) is 34.7. The van der Waals surface area contributed by atoms with E-state index in [9.17, 15) is 19.6 Å². The van der Waals surface area contributed by atoms with Crippen LogP contribution >= 0.6 is 0 Å². The van der Waals surface area contributed by atoms with Crippen LogP contribution in [0.25, 0.3) is 0 Å². The lowest BCUT2D eigenvalue weighted by atomic mass is 9.42. The van der Waals surface area contributed by atoms with Crippen molar-refractivity contribution < 1.29 is 19.2 Å². The van der Waals surface area contributed by atoms with Crippen LogP contribution in [0.4, 0.5) is 0 Å². The Hall–Kier alpha value is -2.26. The average molecular weight is 525 g/mol. The molecule has 0 aromatic carbocycles. The summed E-state index contributed by atoms with van der Waals surface area (Å²) < 4.78 is 0. The van der Waals surface area contributed by atoms with E-state index in [1.807, 2.05) is 26.0 Å². The molecule has 6 heteroatoms. The van der Waals surface area contributed by atoms with Gasteiger partial charge in [0.05, 0.1) is 12.7 Å². The van der Waals surface area contributed by atoms with E-state index in [4.69, 9.17) is 4.84 Å². The SMILES string of the molecule is CCC(C)(C)CC[C@@](C)(CC[C@]1(C)CC(=O)C=C2[C@@]3(C)C=C(C#N)C(=O)[C@@H](C)[C@@H]3CC[C@]21C)C(=O)NOC. The van der Waals surface area contributed by atoms with Gasteiger partial charge in [-0.05, 0) is 66.8 Å². The quantitative estimate of drug-likeness (QED) is 0.340. The number of rotatable bonds is 9. The van der Waals surface area contributed by atoms with Gasteiger partial charge in [0.1, 0.15) is 6.07 Å². The molecule has 0 aromatic heterocycles. The van der Waals surface area contributed by atoms with Gasteiger partial charge in [-0.15, -0.1) is 0 Å². The summed E-state index contributed by atoms with van der Waals surface area (Å²) in [5.41, 5.74) is 2.19. The molecule has 1 amide bonds. The molecule has 0 radical (unpaired) electrons. The lowest BCUT2D eigenvalue weighted by molar-refractivity contribution is -0.143. The standard InChI is InChI=1S/C32H48N2O4/c1-10-28(3,4)13-14-29(5,27(37)34-38-9)15-16-30(6)19-23(35)17-25-31(7)18-22(20-33)26(36)21(2)24(31)11-12-32(25,30)8/h17-18,21,24H,10-16,19H2,1-9H3,(H,34,37)/t21-,24-,29-,30+,31-,32+/m0/s1. The van der Waals surface area contributed by atoms with Crippen molar-refractivity contribution in [3.63, 3.8) is 0 Å². The van der Waals surface area contributed by atoms with Crippen molar-refractivity contribution in [2.45, 2.75) is 107 Å². The Bertz CT molecular complexity index is 1100. The molecule has 0 aliphatic heterocycles. The van der Waals surface area contributed by atoms with E-state index >= 15 is 0 Å². The predicted molar refractivity (Wildman–Crippen MR) is 148 cm³/mol. The molecule has 0 bridgehead atoms. The molecule has 3 rings (SSSR count). The smallest absolute Gasteiger partial charge is 0.249 e.